The summed E-state index contributed by atoms with van der Waals surface area (Å²) >= 11 is 0. The second-order valence-corrected chi connectivity index (χ2v) is 9.53. The van der Waals surface area contributed by atoms with Crippen molar-refractivity contribution in [2.24, 2.45) is 5.41 Å². The van der Waals surface area contributed by atoms with Gasteiger partial charge in [0.2, 0.25) is 0 Å². The van der Waals surface area contributed by atoms with Crippen LogP contribution in [0, 0.1) is 5.41 Å². The minimum atomic E-state index is -0.215. The van der Waals surface area contributed by atoms with Crippen LogP contribution in [0.5, 0.6) is 11.5 Å². The van der Waals surface area contributed by atoms with E-state index in [-0.39, 0.29) is 35.6 Å². The number of fused-ring (bicyclic) bond motifs is 2. The van der Waals surface area contributed by atoms with Crippen LogP contribution in [0.3, 0.4) is 0 Å². The quantitative estimate of drug-likeness (QED) is 0.614. The average Bonchev–Trinajstić information content (AvgIpc) is 3.36. The standard InChI is InChI=1S/C26H30O5/c1-15-26(2,3)25(30-15)21-7-5-6-20-19(21)10-11-22(20)31-17-8-9-18-16(12-24(27)28-4)14-29-23(18)13-17/h5-9,13,15-16,22,25H,10-12,14H2,1-4H3/t15?,16?,22-,25?/m1/s1. The first-order chi connectivity index (χ1) is 14.9. The molecule has 0 radical (unpaired) electrons. The first-order valence-electron chi connectivity index (χ1n) is 11.2. The Morgan fingerprint density at radius 3 is 2.71 bits per heavy atom. The molecule has 1 aliphatic carbocycles. The number of carbonyl (C=O) groups excluding carboxylic acids is 1. The zero-order valence-corrected chi connectivity index (χ0v) is 18.6. The van der Waals surface area contributed by atoms with Crippen molar-refractivity contribution in [3.8, 4) is 11.5 Å². The fourth-order valence-electron chi connectivity index (χ4n) is 5.13. The van der Waals surface area contributed by atoms with E-state index in [4.69, 9.17) is 18.9 Å². The van der Waals surface area contributed by atoms with Crippen molar-refractivity contribution in [3.63, 3.8) is 0 Å². The van der Waals surface area contributed by atoms with Crippen molar-refractivity contribution in [1.82, 2.24) is 0 Å². The van der Waals surface area contributed by atoms with Gasteiger partial charge in [-0.3, -0.25) is 4.79 Å². The van der Waals surface area contributed by atoms with Gasteiger partial charge in [-0.15, -0.1) is 0 Å². The lowest BCUT2D eigenvalue weighted by molar-refractivity contribution is -0.230. The van der Waals surface area contributed by atoms with Crippen LogP contribution in [0.4, 0.5) is 0 Å². The van der Waals surface area contributed by atoms with Crippen LogP contribution in [0.2, 0.25) is 0 Å². The molecule has 3 unspecified atom stereocenters. The fraction of sp³-hybridized carbons (Fsp3) is 0.500. The van der Waals surface area contributed by atoms with Gasteiger partial charge >= 0.3 is 5.97 Å². The van der Waals surface area contributed by atoms with Gasteiger partial charge in [-0.05, 0) is 42.5 Å². The number of rotatable bonds is 5. The van der Waals surface area contributed by atoms with Gasteiger partial charge in [-0.1, -0.05) is 38.1 Å². The lowest BCUT2D eigenvalue weighted by atomic mass is 9.72. The van der Waals surface area contributed by atoms with Gasteiger partial charge in [0.1, 0.15) is 17.6 Å². The molecule has 0 amide bonds. The highest BCUT2D eigenvalue weighted by molar-refractivity contribution is 5.71. The lowest BCUT2D eigenvalue weighted by Crippen LogP contribution is -2.48. The van der Waals surface area contributed by atoms with Gasteiger partial charge in [0.25, 0.3) is 0 Å². The molecule has 31 heavy (non-hydrogen) atoms. The van der Waals surface area contributed by atoms with Crippen molar-refractivity contribution >= 4 is 5.97 Å². The van der Waals surface area contributed by atoms with E-state index < -0.39 is 0 Å². The summed E-state index contributed by atoms with van der Waals surface area (Å²) in [5.41, 5.74) is 5.15. The highest BCUT2D eigenvalue weighted by atomic mass is 16.5. The van der Waals surface area contributed by atoms with Crippen molar-refractivity contribution in [1.29, 1.82) is 0 Å². The Hall–Kier alpha value is -2.53. The van der Waals surface area contributed by atoms with Crippen LogP contribution in [-0.4, -0.2) is 25.8 Å². The minimum absolute atomic E-state index is 0.0286. The summed E-state index contributed by atoms with van der Waals surface area (Å²) < 4.78 is 23.2. The van der Waals surface area contributed by atoms with Gasteiger partial charge in [0, 0.05) is 23.0 Å². The molecule has 5 heteroatoms. The summed E-state index contributed by atoms with van der Waals surface area (Å²) in [6.45, 7) is 7.22. The third-order valence-electron chi connectivity index (χ3n) is 7.38. The first-order valence-corrected chi connectivity index (χ1v) is 11.2. The molecule has 1 saturated heterocycles. The highest BCUT2D eigenvalue weighted by Crippen LogP contribution is 2.53. The Morgan fingerprint density at radius 1 is 1.16 bits per heavy atom. The van der Waals surface area contributed by atoms with Gasteiger partial charge in [-0.2, -0.15) is 0 Å². The molecule has 0 saturated carbocycles. The van der Waals surface area contributed by atoms with E-state index in [1.54, 1.807) is 0 Å². The Morgan fingerprint density at radius 2 is 1.97 bits per heavy atom. The summed E-state index contributed by atoms with van der Waals surface area (Å²) in [5, 5.41) is 0. The van der Waals surface area contributed by atoms with Crippen molar-refractivity contribution in [2.75, 3.05) is 13.7 Å². The molecule has 0 aromatic heterocycles. The van der Waals surface area contributed by atoms with Gasteiger partial charge < -0.3 is 18.9 Å². The molecule has 4 atom stereocenters. The molecule has 0 N–H and O–H groups in total. The summed E-state index contributed by atoms with van der Waals surface area (Å²) in [6.07, 6.45) is 2.75. The maximum Gasteiger partial charge on any atom is 0.306 e. The smallest absolute Gasteiger partial charge is 0.306 e. The maximum absolute atomic E-state index is 11.6. The first kappa shape index (κ1) is 20.4. The largest absolute Gasteiger partial charge is 0.492 e. The van der Waals surface area contributed by atoms with Gasteiger partial charge in [-0.25, -0.2) is 0 Å². The van der Waals surface area contributed by atoms with E-state index in [0.29, 0.717) is 13.0 Å². The Balaban J connectivity index is 1.34. The molecule has 2 aromatic carbocycles. The molecule has 164 valence electrons. The molecule has 5 nitrogen and oxygen atoms in total. The minimum Gasteiger partial charge on any atom is -0.492 e. The van der Waals surface area contributed by atoms with Crippen LogP contribution < -0.4 is 9.47 Å². The molecule has 2 heterocycles. The number of hydrogen-bond donors (Lipinski definition) is 0. The topological polar surface area (TPSA) is 54.0 Å². The Kier molecular flexibility index (Phi) is 4.97. The Bertz CT molecular complexity index is 1010. The second kappa shape index (κ2) is 7.56. The van der Waals surface area contributed by atoms with E-state index in [0.717, 1.165) is 29.9 Å². The van der Waals surface area contributed by atoms with Gasteiger partial charge in [0.05, 0.1) is 32.3 Å². The number of carbonyl (C=O) groups is 1. The highest BCUT2D eigenvalue weighted by Gasteiger charge is 2.49. The molecular weight excluding hydrogens is 392 g/mol. The molecule has 0 bridgehead atoms. The van der Waals surface area contributed by atoms with E-state index in [1.807, 2.05) is 18.2 Å². The van der Waals surface area contributed by atoms with E-state index in [2.05, 4.69) is 39.0 Å². The SMILES string of the molecule is COC(=O)CC1COc2cc(O[C@@H]3CCc4c(C5OC(C)C5(C)C)cccc43)ccc21. The van der Waals surface area contributed by atoms with Crippen LogP contribution in [0.15, 0.2) is 36.4 Å². The molecule has 5 rings (SSSR count). The molecule has 2 aliphatic heterocycles. The molecule has 1 fully saturated rings. The van der Waals surface area contributed by atoms with Crippen molar-refractivity contribution in [3.05, 3.63) is 58.7 Å². The zero-order valence-electron chi connectivity index (χ0n) is 18.6. The van der Waals surface area contributed by atoms with Crippen molar-refractivity contribution < 1.29 is 23.7 Å². The second-order valence-electron chi connectivity index (χ2n) is 9.53. The van der Waals surface area contributed by atoms with E-state index in [1.165, 1.54) is 23.8 Å². The predicted octanol–water partition coefficient (Wildman–Crippen LogP) is 5.28. The summed E-state index contributed by atoms with van der Waals surface area (Å²) in [7, 11) is 1.42. The Labute approximate surface area is 183 Å². The number of benzene rings is 2. The van der Waals surface area contributed by atoms with Crippen LogP contribution >= 0.6 is 0 Å². The molecule has 0 spiro atoms. The van der Waals surface area contributed by atoms with Crippen LogP contribution in [-0.2, 0) is 20.7 Å². The van der Waals surface area contributed by atoms with Gasteiger partial charge in [0.15, 0.2) is 0 Å². The lowest BCUT2D eigenvalue weighted by Gasteiger charge is -2.51. The number of ether oxygens (including phenoxy) is 4. The van der Waals surface area contributed by atoms with E-state index in [9.17, 15) is 4.79 Å². The number of methoxy groups -OCH3 is 1. The molecule has 3 aliphatic rings. The van der Waals surface area contributed by atoms with E-state index >= 15 is 0 Å². The predicted molar refractivity (Wildman–Crippen MR) is 117 cm³/mol. The summed E-state index contributed by atoms with van der Waals surface area (Å²) in [6, 6.07) is 12.5. The molecular formula is C26H30O5. The van der Waals surface area contributed by atoms with Crippen molar-refractivity contribution in [2.45, 2.75) is 64.3 Å². The number of esters is 1. The maximum atomic E-state index is 11.6. The van der Waals surface area contributed by atoms with Crippen LogP contribution in [0.1, 0.15) is 74.0 Å². The zero-order chi connectivity index (χ0) is 21.8. The summed E-state index contributed by atoms with van der Waals surface area (Å²) in [4.78, 5) is 11.6. The number of hydrogen-bond acceptors (Lipinski definition) is 5. The molecule has 2 aromatic rings. The fourth-order valence-corrected chi connectivity index (χ4v) is 5.13. The third-order valence-corrected chi connectivity index (χ3v) is 7.38. The normalized spacial score (nSPS) is 27.6. The average molecular weight is 423 g/mol. The van der Waals surface area contributed by atoms with Crippen LogP contribution in [0.25, 0.3) is 0 Å². The monoisotopic (exact) mass is 422 g/mol. The summed E-state index contributed by atoms with van der Waals surface area (Å²) in [5.74, 6) is 1.43. The third kappa shape index (κ3) is 3.39.